The van der Waals surface area contributed by atoms with Gasteiger partial charge in [-0.05, 0) is 31.0 Å². The van der Waals surface area contributed by atoms with E-state index in [4.69, 9.17) is 11.0 Å². The minimum atomic E-state index is 0.657. The smallest absolute Gasteiger partial charge is 0.101 e. The van der Waals surface area contributed by atoms with E-state index < -0.39 is 0 Å². The molecule has 1 aromatic rings. The molecule has 0 amide bonds. The molecule has 0 aliphatic carbocycles. The van der Waals surface area contributed by atoms with Crippen LogP contribution in [0.2, 0.25) is 0 Å². The molecule has 1 aromatic carbocycles. The highest BCUT2D eigenvalue weighted by Crippen LogP contribution is 2.25. The molecule has 0 saturated carbocycles. The molecule has 0 bridgehead atoms. The maximum absolute atomic E-state index is 8.97. The number of nitrogens with zero attached hydrogens (tertiary/aromatic N) is 2. The second-order valence-electron chi connectivity index (χ2n) is 3.58. The summed E-state index contributed by atoms with van der Waals surface area (Å²) in [5.41, 5.74) is 8.00. The highest BCUT2D eigenvalue weighted by Gasteiger charge is 2.15. The van der Waals surface area contributed by atoms with Crippen LogP contribution in [0.5, 0.6) is 0 Å². The first-order valence-corrected chi connectivity index (χ1v) is 4.86. The van der Waals surface area contributed by atoms with Crippen LogP contribution in [0.25, 0.3) is 0 Å². The van der Waals surface area contributed by atoms with Gasteiger partial charge in [-0.2, -0.15) is 5.26 Å². The third-order valence-electron chi connectivity index (χ3n) is 2.59. The Morgan fingerprint density at radius 2 is 2.00 bits per heavy atom. The average molecular weight is 187 g/mol. The molecule has 1 aliphatic rings. The fraction of sp³-hybridized carbons (Fsp3) is 0.364. The Balaban J connectivity index is 2.37. The molecule has 14 heavy (non-hydrogen) atoms. The zero-order valence-electron chi connectivity index (χ0n) is 8.03. The van der Waals surface area contributed by atoms with Crippen molar-refractivity contribution in [1.82, 2.24) is 0 Å². The summed E-state index contributed by atoms with van der Waals surface area (Å²) in [4.78, 5) is 2.25. The van der Waals surface area contributed by atoms with Crippen molar-refractivity contribution in [2.75, 3.05) is 23.7 Å². The maximum Gasteiger partial charge on any atom is 0.101 e. The Kier molecular flexibility index (Phi) is 2.28. The van der Waals surface area contributed by atoms with Crippen molar-refractivity contribution in [3.63, 3.8) is 0 Å². The molecule has 1 fully saturated rings. The molecule has 3 heteroatoms. The summed E-state index contributed by atoms with van der Waals surface area (Å²) in [7, 11) is 0. The van der Waals surface area contributed by atoms with E-state index in [9.17, 15) is 0 Å². The predicted octanol–water partition coefficient (Wildman–Crippen LogP) is 1.74. The van der Waals surface area contributed by atoms with Crippen LogP contribution in [0.3, 0.4) is 0 Å². The van der Waals surface area contributed by atoms with E-state index >= 15 is 0 Å². The van der Waals surface area contributed by atoms with Crippen LogP contribution in [0, 0.1) is 11.3 Å². The molecule has 0 aromatic heterocycles. The number of nitrogens with two attached hydrogens (primary N) is 1. The van der Waals surface area contributed by atoms with Gasteiger partial charge in [0.15, 0.2) is 0 Å². The largest absolute Gasteiger partial charge is 0.399 e. The van der Waals surface area contributed by atoms with Crippen molar-refractivity contribution in [3.05, 3.63) is 23.8 Å². The van der Waals surface area contributed by atoms with Gasteiger partial charge >= 0.3 is 0 Å². The fourth-order valence-electron chi connectivity index (χ4n) is 1.88. The Labute approximate surface area is 83.7 Å². The van der Waals surface area contributed by atoms with Crippen LogP contribution in [0.15, 0.2) is 18.2 Å². The van der Waals surface area contributed by atoms with Gasteiger partial charge < -0.3 is 10.6 Å². The molecule has 72 valence electrons. The molecule has 0 atom stereocenters. The third-order valence-corrected chi connectivity index (χ3v) is 2.59. The lowest BCUT2D eigenvalue weighted by Gasteiger charge is -2.18. The minimum absolute atomic E-state index is 0.657. The van der Waals surface area contributed by atoms with Gasteiger partial charge in [0.25, 0.3) is 0 Å². The van der Waals surface area contributed by atoms with Crippen molar-refractivity contribution >= 4 is 11.4 Å². The van der Waals surface area contributed by atoms with Gasteiger partial charge in [0.1, 0.15) is 6.07 Å². The molecule has 3 nitrogen and oxygen atoms in total. The summed E-state index contributed by atoms with van der Waals surface area (Å²) in [6, 6.07) is 7.73. The topological polar surface area (TPSA) is 53.1 Å². The minimum Gasteiger partial charge on any atom is -0.399 e. The molecule has 1 aliphatic heterocycles. The SMILES string of the molecule is N#Cc1cc(N)ccc1N1CCCC1. The molecule has 2 rings (SSSR count). The van der Waals surface area contributed by atoms with Gasteiger partial charge in [-0.15, -0.1) is 0 Å². The quantitative estimate of drug-likeness (QED) is 0.681. The molecule has 0 spiro atoms. The van der Waals surface area contributed by atoms with Crippen molar-refractivity contribution in [3.8, 4) is 6.07 Å². The standard InChI is InChI=1S/C11H13N3/c12-8-9-7-10(13)3-4-11(9)14-5-1-2-6-14/h3-4,7H,1-2,5-6,13H2. The Morgan fingerprint density at radius 1 is 1.29 bits per heavy atom. The maximum atomic E-state index is 8.97. The van der Waals surface area contributed by atoms with Crippen molar-refractivity contribution in [1.29, 1.82) is 5.26 Å². The van der Waals surface area contributed by atoms with E-state index in [0.29, 0.717) is 11.3 Å². The van der Waals surface area contributed by atoms with Crippen LogP contribution in [-0.4, -0.2) is 13.1 Å². The van der Waals surface area contributed by atoms with E-state index in [1.54, 1.807) is 6.07 Å². The Hall–Kier alpha value is -1.69. The van der Waals surface area contributed by atoms with Crippen LogP contribution in [-0.2, 0) is 0 Å². The average Bonchev–Trinajstić information content (AvgIpc) is 2.70. The highest BCUT2D eigenvalue weighted by atomic mass is 15.1. The number of nitrogen functional groups attached to an aromatic ring is 1. The molecular weight excluding hydrogens is 174 g/mol. The van der Waals surface area contributed by atoms with E-state index in [0.717, 1.165) is 18.8 Å². The first-order valence-electron chi connectivity index (χ1n) is 4.86. The Bertz CT molecular complexity index is 373. The summed E-state index contributed by atoms with van der Waals surface area (Å²) in [6.07, 6.45) is 2.44. The number of anilines is 2. The molecule has 2 N–H and O–H groups in total. The molecule has 0 radical (unpaired) electrons. The number of hydrogen-bond acceptors (Lipinski definition) is 3. The summed E-state index contributed by atoms with van der Waals surface area (Å²) < 4.78 is 0. The number of benzene rings is 1. The van der Waals surface area contributed by atoms with E-state index in [-0.39, 0.29) is 0 Å². The van der Waals surface area contributed by atoms with E-state index in [1.165, 1.54) is 12.8 Å². The highest BCUT2D eigenvalue weighted by molar-refractivity contribution is 5.64. The first-order chi connectivity index (χ1) is 6.81. The van der Waals surface area contributed by atoms with E-state index in [2.05, 4.69) is 11.0 Å². The molecule has 1 saturated heterocycles. The number of rotatable bonds is 1. The molecule has 1 heterocycles. The predicted molar refractivity (Wildman–Crippen MR) is 57.0 cm³/mol. The van der Waals surface area contributed by atoms with Gasteiger partial charge in [-0.1, -0.05) is 0 Å². The summed E-state index contributed by atoms with van der Waals surface area (Å²) in [6.45, 7) is 2.11. The molecule has 0 unspecified atom stereocenters. The molecular formula is C11H13N3. The van der Waals surface area contributed by atoms with Crippen LogP contribution < -0.4 is 10.6 Å². The van der Waals surface area contributed by atoms with Gasteiger partial charge in [0.05, 0.1) is 11.3 Å². The van der Waals surface area contributed by atoms with Gasteiger partial charge in [-0.25, -0.2) is 0 Å². The van der Waals surface area contributed by atoms with Crippen LogP contribution in [0.4, 0.5) is 11.4 Å². The van der Waals surface area contributed by atoms with Crippen molar-refractivity contribution in [2.24, 2.45) is 0 Å². The third kappa shape index (κ3) is 1.51. The zero-order chi connectivity index (χ0) is 9.97. The van der Waals surface area contributed by atoms with Crippen molar-refractivity contribution < 1.29 is 0 Å². The summed E-state index contributed by atoms with van der Waals surface area (Å²) in [5, 5.41) is 8.97. The summed E-state index contributed by atoms with van der Waals surface area (Å²) in [5.74, 6) is 0. The lowest BCUT2D eigenvalue weighted by atomic mass is 10.1. The van der Waals surface area contributed by atoms with Gasteiger partial charge in [0.2, 0.25) is 0 Å². The lowest BCUT2D eigenvalue weighted by Crippen LogP contribution is -2.18. The lowest BCUT2D eigenvalue weighted by molar-refractivity contribution is 0.949. The second kappa shape index (κ2) is 3.59. The van der Waals surface area contributed by atoms with Gasteiger partial charge in [-0.3, -0.25) is 0 Å². The zero-order valence-corrected chi connectivity index (χ0v) is 8.03. The Morgan fingerprint density at radius 3 is 2.64 bits per heavy atom. The number of nitriles is 1. The monoisotopic (exact) mass is 187 g/mol. The van der Waals surface area contributed by atoms with E-state index in [1.807, 2.05) is 12.1 Å². The van der Waals surface area contributed by atoms with Gasteiger partial charge in [0, 0.05) is 18.8 Å². The van der Waals surface area contributed by atoms with Crippen LogP contribution >= 0.6 is 0 Å². The summed E-state index contributed by atoms with van der Waals surface area (Å²) >= 11 is 0. The second-order valence-corrected chi connectivity index (χ2v) is 3.58. The van der Waals surface area contributed by atoms with Crippen LogP contribution in [0.1, 0.15) is 18.4 Å². The fourth-order valence-corrected chi connectivity index (χ4v) is 1.88. The normalized spacial score (nSPS) is 15.5. The van der Waals surface area contributed by atoms with Crippen molar-refractivity contribution in [2.45, 2.75) is 12.8 Å². The number of hydrogen-bond donors (Lipinski definition) is 1. The first kappa shape index (κ1) is 8.89.